The van der Waals surface area contributed by atoms with Gasteiger partial charge < -0.3 is 19.9 Å². The van der Waals surface area contributed by atoms with Crippen molar-refractivity contribution in [2.45, 2.75) is 65.9 Å². The van der Waals surface area contributed by atoms with E-state index in [-0.39, 0.29) is 0 Å². The Kier molecular flexibility index (Phi) is 11.9. The summed E-state index contributed by atoms with van der Waals surface area (Å²) in [6, 6.07) is 0. The van der Waals surface area contributed by atoms with E-state index >= 15 is 0 Å². The number of guanidine groups is 1. The predicted molar refractivity (Wildman–Crippen MR) is 104 cm³/mol. The van der Waals surface area contributed by atoms with E-state index < -0.39 is 0 Å². The van der Waals surface area contributed by atoms with E-state index in [1.54, 1.807) is 0 Å². The molecule has 142 valence electrons. The van der Waals surface area contributed by atoms with Crippen LogP contribution in [0.2, 0.25) is 0 Å². The molecule has 1 rings (SSSR count). The number of likely N-dealkylation sites (tertiary alicyclic amines) is 1. The van der Waals surface area contributed by atoms with Gasteiger partial charge in [0.25, 0.3) is 0 Å². The number of hydrogen-bond acceptors (Lipinski definition) is 3. The van der Waals surface area contributed by atoms with Crippen molar-refractivity contribution >= 4 is 5.96 Å². The number of hydrogen-bond donors (Lipinski definition) is 1. The third-order valence-electron chi connectivity index (χ3n) is 4.45. The molecular formula is C19H40N4O. The number of aliphatic imine (C=N–C) groups is 1. The summed E-state index contributed by atoms with van der Waals surface area (Å²) in [7, 11) is 0. The fourth-order valence-corrected chi connectivity index (χ4v) is 3.34. The van der Waals surface area contributed by atoms with Crippen LogP contribution in [-0.4, -0.2) is 74.3 Å². The van der Waals surface area contributed by atoms with E-state index in [2.05, 4.69) is 42.8 Å². The summed E-state index contributed by atoms with van der Waals surface area (Å²) in [5.41, 5.74) is 0. The van der Waals surface area contributed by atoms with Gasteiger partial charge >= 0.3 is 0 Å². The molecule has 0 aromatic carbocycles. The Bertz CT molecular complexity index is 321. The molecule has 0 spiro atoms. The highest BCUT2D eigenvalue weighted by molar-refractivity contribution is 5.80. The Balaban J connectivity index is 2.39. The minimum atomic E-state index is 0.436. The lowest BCUT2D eigenvalue weighted by Crippen LogP contribution is -2.47. The molecule has 1 fully saturated rings. The van der Waals surface area contributed by atoms with Crippen molar-refractivity contribution in [1.82, 2.24) is 15.1 Å². The first kappa shape index (κ1) is 21.2. The Morgan fingerprint density at radius 3 is 2.29 bits per heavy atom. The third-order valence-corrected chi connectivity index (χ3v) is 4.45. The molecule has 0 aliphatic carbocycles. The predicted octanol–water partition coefficient (Wildman–Crippen LogP) is 2.96. The summed E-state index contributed by atoms with van der Waals surface area (Å²) in [6.07, 6.45) is 6.27. The van der Waals surface area contributed by atoms with Crippen LogP contribution >= 0.6 is 0 Å². The second kappa shape index (κ2) is 13.5. The van der Waals surface area contributed by atoms with E-state index in [4.69, 9.17) is 9.73 Å². The van der Waals surface area contributed by atoms with Crippen LogP contribution in [0.1, 0.15) is 59.8 Å². The molecule has 0 unspecified atom stereocenters. The standard InChI is InChI=1S/C19H40N4O/c1-5-13-22(14-6-2)15-9-12-21-19(20-7-3)23-16-10-18(11-17-23)24-8-4/h18H,5-17H2,1-4H3,(H,20,21). The van der Waals surface area contributed by atoms with Crippen LogP contribution in [0.25, 0.3) is 0 Å². The van der Waals surface area contributed by atoms with Crippen LogP contribution in [0.3, 0.4) is 0 Å². The number of nitrogens with one attached hydrogen (secondary N) is 1. The van der Waals surface area contributed by atoms with Gasteiger partial charge in [0, 0.05) is 32.8 Å². The first-order chi connectivity index (χ1) is 11.7. The van der Waals surface area contributed by atoms with E-state index in [1.807, 2.05) is 0 Å². The van der Waals surface area contributed by atoms with Crippen LogP contribution in [0, 0.1) is 0 Å². The second-order valence-electron chi connectivity index (χ2n) is 6.57. The second-order valence-corrected chi connectivity index (χ2v) is 6.57. The molecule has 0 aromatic heterocycles. The molecule has 1 saturated heterocycles. The highest BCUT2D eigenvalue weighted by atomic mass is 16.5. The molecular weight excluding hydrogens is 300 g/mol. The average molecular weight is 341 g/mol. The smallest absolute Gasteiger partial charge is 0.193 e. The van der Waals surface area contributed by atoms with Crippen LogP contribution in [-0.2, 0) is 4.74 Å². The molecule has 0 saturated carbocycles. The van der Waals surface area contributed by atoms with E-state index in [1.165, 1.54) is 25.9 Å². The maximum absolute atomic E-state index is 5.75. The number of ether oxygens (including phenoxy) is 1. The van der Waals surface area contributed by atoms with Gasteiger partial charge in [-0.25, -0.2) is 0 Å². The summed E-state index contributed by atoms with van der Waals surface area (Å²) < 4.78 is 5.75. The molecule has 24 heavy (non-hydrogen) atoms. The van der Waals surface area contributed by atoms with Gasteiger partial charge in [-0.05, 0) is 65.6 Å². The SMILES string of the molecule is CCCN(CCC)CCCN=C(NCC)N1CCC(OCC)CC1. The van der Waals surface area contributed by atoms with Gasteiger partial charge in [0.05, 0.1) is 6.10 Å². The molecule has 5 heteroatoms. The number of rotatable bonds is 11. The largest absolute Gasteiger partial charge is 0.378 e. The van der Waals surface area contributed by atoms with Gasteiger partial charge in [0.2, 0.25) is 0 Å². The highest BCUT2D eigenvalue weighted by Gasteiger charge is 2.21. The normalized spacial score (nSPS) is 16.9. The number of nitrogens with zero attached hydrogens (tertiary/aromatic N) is 3. The van der Waals surface area contributed by atoms with Crippen molar-refractivity contribution in [3.05, 3.63) is 0 Å². The van der Waals surface area contributed by atoms with Crippen molar-refractivity contribution in [2.24, 2.45) is 4.99 Å². The molecule has 1 aliphatic heterocycles. The first-order valence-electron chi connectivity index (χ1n) is 10.1. The van der Waals surface area contributed by atoms with Gasteiger partial charge in [-0.3, -0.25) is 4.99 Å². The van der Waals surface area contributed by atoms with Crippen molar-refractivity contribution in [3.8, 4) is 0 Å². The Hall–Kier alpha value is -0.810. The molecule has 1 heterocycles. The summed E-state index contributed by atoms with van der Waals surface area (Å²) in [6.45, 7) is 17.1. The Labute approximate surface area is 149 Å². The lowest BCUT2D eigenvalue weighted by atomic mass is 10.1. The molecule has 0 bridgehead atoms. The van der Waals surface area contributed by atoms with E-state index in [0.29, 0.717) is 6.10 Å². The Morgan fingerprint density at radius 1 is 1.08 bits per heavy atom. The van der Waals surface area contributed by atoms with Crippen molar-refractivity contribution in [3.63, 3.8) is 0 Å². The zero-order valence-electron chi connectivity index (χ0n) is 16.5. The quantitative estimate of drug-likeness (QED) is 0.357. The summed E-state index contributed by atoms with van der Waals surface area (Å²) in [5, 5.41) is 3.46. The minimum absolute atomic E-state index is 0.436. The highest BCUT2D eigenvalue weighted by Crippen LogP contribution is 2.13. The lowest BCUT2D eigenvalue weighted by Gasteiger charge is -2.34. The number of piperidine rings is 1. The molecule has 0 atom stereocenters. The van der Waals surface area contributed by atoms with Crippen molar-refractivity contribution in [1.29, 1.82) is 0 Å². The summed E-state index contributed by atoms with van der Waals surface area (Å²) in [5.74, 6) is 1.09. The van der Waals surface area contributed by atoms with Crippen LogP contribution in [0.4, 0.5) is 0 Å². The maximum Gasteiger partial charge on any atom is 0.193 e. The third kappa shape index (κ3) is 8.34. The van der Waals surface area contributed by atoms with Crippen LogP contribution < -0.4 is 5.32 Å². The molecule has 5 nitrogen and oxygen atoms in total. The van der Waals surface area contributed by atoms with Gasteiger partial charge in [0.15, 0.2) is 5.96 Å². The van der Waals surface area contributed by atoms with Crippen molar-refractivity contribution in [2.75, 3.05) is 52.4 Å². The molecule has 0 aromatic rings. The lowest BCUT2D eigenvalue weighted by molar-refractivity contribution is 0.0264. The van der Waals surface area contributed by atoms with Gasteiger partial charge in [-0.1, -0.05) is 13.8 Å². The van der Waals surface area contributed by atoms with Crippen molar-refractivity contribution < 1.29 is 4.74 Å². The topological polar surface area (TPSA) is 40.1 Å². The summed E-state index contributed by atoms with van der Waals surface area (Å²) >= 11 is 0. The zero-order chi connectivity index (χ0) is 17.6. The minimum Gasteiger partial charge on any atom is -0.378 e. The van der Waals surface area contributed by atoms with Gasteiger partial charge in [-0.15, -0.1) is 0 Å². The molecule has 0 radical (unpaired) electrons. The molecule has 1 N–H and O–H groups in total. The zero-order valence-corrected chi connectivity index (χ0v) is 16.5. The van der Waals surface area contributed by atoms with E-state index in [9.17, 15) is 0 Å². The Morgan fingerprint density at radius 2 is 1.75 bits per heavy atom. The average Bonchev–Trinajstić information content (AvgIpc) is 2.59. The maximum atomic E-state index is 5.75. The molecule has 0 amide bonds. The van der Waals surface area contributed by atoms with Gasteiger partial charge in [0.1, 0.15) is 0 Å². The van der Waals surface area contributed by atoms with Crippen LogP contribution in [0.5, 0.6) is 0 Å². The van der Waals surface area contributed by atoms with E-state index in [0.717, 1.165) is 64.6 Å². The monoisotopic (exact) mass is 340 g/mol. The van der Waals surface area contributed by atoms with Gasteiger partial charge in [-0.2, -0.15) is 0 Å². The fraction of sp³-hybridized carbons (Fsp3) is 0.947. The summed E-state index contributed by atoms with van der Waals surface area (Å²) in [4.78, 5) is 9.83. The first-order valence-corrected chi connectivity index (χ1v) is 10.1. The van der Waals surface area contributed by atoms with Crippen LogP contribution in [0.15, 0.2) is 4.99 Å². The fourth-order valence-electron chi connectivity index (χ4n) is 3.34. The molecule has 1 aliphatic rings.